The second-order valence-electron chi connectivity index (χ2n) is 3.07. The number of carbonyl (C=O) groups excluding carboxylic acids is 1. The van der Waals surface area contributed by atoms with Crippen LogP contribution in [0, 0.1) is 0 Å². The van der Waals surface area contributed by atoms with Crippen molar-refractivity contribution >= 4 is 27.4 Å². The first-order chi connectivity index (χ1) is 7.24. The molecule has 0 aliphatic heterocycles. The molecule has 0 spiro atoms. The topological polar surface area (TPSA) is 30.7 Å². The van der Waals surface area contributed by atoms with Crippen molar-refractivity contribution in [2.45, 2.75) is 6.92 Å². The van der Waals surface area contributed by atoms with E-state index < -0.39 is 0 Å². The number of ether oxygens (including phenoxy) is 1. The molecule has 15 heavy (non-hydrogen) atoms. The van der Waals surface area contributed by atoms with Gasteiger partial charge in [0.2, 0.25) is 0 Å². The molecule has 0 N–H and O–H groups in total. The van der Waals surface area contributed by atoms with Gasteiger partial charge < -0.3 is 9.14 Å². The average molecular weight is 268 g/mol. The second-order valence-corrected chi connectivity index (χ2v) is 3.92. The molecule has 4 heteroatoms. The van der Waals surface area contributed by atoms with Crippen LogP contribution in [0.15, 0.2) is 35.1 Å². The molecule has 0 radical (unpaired) electrons. The Morgan fingerprint density at radius 3 is 3.07 bits per heavy atom. The Labute approximate surface area is 95.8 Å². The van der Waals surface area contributed by atoms with E-state index in [1.54, 1.807) is 6.92 Å². The first-order valence-electron chi connectivity index (χ1n) is 4.66. The minimum absolute atomic E-state index is 0.293. The van der Waals surface area contributed by atoms with Crippen molar-refractivity contribution in [2.24, 2.45) is 0 Å². The standard InChI is InChI=1S/C11H10BrNO2/c1-2-15-11(14)10-8(12)7-13-6-4-3-5-9(10)13/h3-7H,2H2,1H3. The van der Waals surface area contributed by atoms with E-state index >= 15 is 0 Å². The summed E-state index contributed by atoms with van der Waals surface area (Å²) in [6.45, 7) is 2.18. The molecule has 2 heterocycles. The zero-order valence-electron chi connectivity index (χ0n) is 8.24. The van der Waals surface area contributed by atoms with Crippen molar-refractivity contribution < 1.29 is 9.53 Å². The zero-order valence-corrected chi connectivity index (χ0v) is 9.82. The Hall–Kier alpha value is -1.29. The van der Waals surface area contributed by atoms with E-state index in [1.165, 1.54) is 0 Å². The van der Waals surface area contributed by atoms with E-state index in [1.807, 2.05) is 35.0 Å². The van der Waals surface area contributed by atoms with Crippen molar-refractivity contribution in [1.29, 1.82) is 0 Å². The predicted octanol–water partition coefficient (Wildman–Crippen LogP) is 2.88. The number of rotatable bonds is 2. The summed E-state index contributed by atoms with van der Waals surface area (Å²) >= 11 is 3.36. The fourth-order valence-corrected chi connectivity index (χ4v) is 2.08. The average Bonchev–Trinajstić information content (AvgIpc) is 2.54. The van der Waals surface area contributed by atoms with Gasteiger partial charge in [0.05, 0.1) is 22.2 Å². The van der Waals surface area contributed by atoms with Crippen molar-refractivity contribution in [3.63, 3.8) is 0 Å². The highest BCUT2D eigenvalue weighted by molar-refractivity contribution is 9.10. The lowest BCUT2D eigenvalue weighted by atomic mass is 10.2. The van der Waals surface area contributed by atoms with Gasteiger partial charge in [-0.15, -0.1) is 0 Å². The highest BCUT2D eigenvalue weighted by atomic mass is 79.9. The number of fused-ring (bicyclic) bond motifs is 1. The van der Waals surface area contributed by atoms with E-state index in [0.717, 1.165) is 9.99 Å². The summed E-state index contributed by atoms with van der Waals surface area (Å²) in [7, 11) is 0. The minimum Gasteiger partial charge on any atom is -0.462 e. The predicted molar refractivity (Wildman–Crippen MR) is 61.1 cm³/mol. The van der Waals surface area contributed by atoms with Crippen molar-refractivity contribution in [3.8, 4) is 0 Å². The van der Waals surface area contributed by atoms with Gasteiger partial charge in [-0.3, -0.25) is 0 Å². The van der Waals surface area contributed by atoms with Crippen LogP contribution in [0.2, 0.25) is 0 Å². The summed E-state index contributed by atoms with van der Waals surface area (Å²) in [5.41, 5.74) is 1.43. The fourth-order valence-electron chi connectivity index (χ4n) is 1.49. The minimum atomic E-state index is -0.293. The van der Waals surface area contributed by atoms with E-state index in [9.17, 15) is 4.79 Å². The van der Waals surface area contributed by atoms with Crippen LogP contribution in [0.1, 0.15) is 17.3 Å². The zero-order chi connectivity index (χ0) is 10.8. The molecule has 78 valence electrons. The van der Waals surface area contributed by atoms with Gasteiger partial charge in [0.15, 0.2) is 0 Å². The number of pyridine rings is 1. The van der Waals surface area contributed by atoms with Crippen molar-refractivity contribution in [2.75, 3.05) is 6.61 Å². The van der Waals surface area contributed by atoms with Gasteiger partial charge in [-0.2, -0.15) is 0 Å². The third-order valence-corrected chi connectivity index (χ3v) is 2.72. The molecule has 0 fully saturated rings. The summed E-state index contributed by atoms with van der Waals surface area (Å²) in [6.07, 6.45) is 3.74. The summed E-state index contributed by atoms with van der Waals surface area (Å²) < 4.78 is 7.63. The highest BCUT2D eigenvalue weighted by Crippen LogP contribution is 2.24. The van der Waals surface area contributed by atoms with Crippen LogP contribution in [0.25, 0.3) is 5.52 Å². The number of hydrogen-bond donors (Lipinski definition) is 0. The summed E-state index contributed by atoms with van der Waals surface area (Å²) in [4.78, 5) is 11.7. The fraction of sp³-hybridized carbons (Fsp3) is 0.182. The van der Waals surface area contributed by atoms with Gasteiger partial charge in [0.25, 0.3) is 0 Å². The highest BCUT2D eigenvalue weighted by Gasteiger charge is 2.16. The van der Waals surface area contributed by atoms with E-state index in [4.69, 9.17) is 4.74 Å². The molecule has 0 atom stereocenters. The Morgan fingerprint density at radius 2 is 2.33 bits per heavy atom. The normalized spacial score (nSPS) is 10.5. The lowest BCUT2D eigenvalue weighted by Gasteiger charge is -2.00. The molecule has 0 unspecified atom stereocenters. The molecule has 0 aliphatic carbocycles. The van der Waals surface area contributed by atoms with Crippen LogP contribution in [-0.4, -0.2) is 17.0 Å². The van der Waals surface area contributed by atoms with Gasteiger partial charge in [0, 0.05) is 12.4 Å². The molecule has 0 amide bonds. The molecular formula is C11H10BrNO2. The number of halogens is 1. The van der Waals surface area contributed by atoms with Gasteiger partial charge in [-0.05, 0) is 35.0 Å². The molecule has 0 saturated carbocycles. The van der Waals surface area contributed by atoms with Crippen LogP contribution < -0.4 is 0 Å². The first-order valence-corrected chi connectivity index (χ1v) is 5.45. The summed E-state index contributed by atoms with van der Waals surface area (Å²) in [6, 6.07) is 5.69. The largest absolute Gasteiger partial charge is 0.462 e. The van der Waals surface area contributed by atoms with Gasteiger partial charge in [0.1, 0.15) is 0 Å². The van der Waals surface area contributed by atoms with Crippen LogP contribution in [-0.2, 0) is 4.74 Å². The molecule has 0 saturated heterocycles. The Kier molecular flexibility index (Phi) is 2.77. The van der Waals surface area contributed by atoms with Crippen LogP contribution >= 0.6 is 15.9 Å². The SMILES string of the molecule is CCOC(=O)c1c(Br)cn2ccccc12. The quantitative estimate of drug-likeness (QED) is 0.784. The molecule has 0 aromatic carbocycles. The number of hydrogen-bond acceptors (Lipinski definition) is 2. The Bertz CT molecular complexity index is 504. The molecule has 2 aromatic rings. The maximum Gasteiger partial charge on any atom is 0.341 e. The third-order valence-electron chi connectivity index (χ3n) is 2.12. The number of carbonyl (C=O) groups is 1. The van der Waals surface area contributed by atoms with Crippen LogP contribution in [0.4, 0.5) is 0 Å². The van der Waals surface area contributed by atoms with Crippen molar-refractivity contribution in [1.82, 2.24) is 4.40 Å². The van der Waals surface area contributed by atoms with E-state index in [0.29, 0.717) is 12.2 Å². The first kappa shape index (κ1) is 10.2. The second kappa shape index (κ2) is 4.06. The van der Waals surface area contributed by atoms with Crippen LogP contribution in [0.5, 0.6) is 0 Å². The van der Waals surface area contributed by atoms with E-state index in [-0.39, 0.29) is 5.97 Å². The number of esters is 1. The number of aromatic nitrogens is 1. The van der Waals surface area contributed by atoms with Gasteiger partial charge in [-0.25, -0.2) is 4.79 Å². The summed E-state index contributed by atoms with van der Waals surface area (Å²) in [5, 5.41) is 0. The lowest BCUT2D eigenvalue weighted by Crippen LogP contribution is -2.04. The maximum atomic E-state index is 11.7. The molecule has 0 aliphatic rings. The Morgan fingerprint density at radius 1 is 1.53 bits per heavy atom. The Balaban J connectivity index is 2.58. The lowest BCUT2D eigenvalue weighted by molar-refractivity contribution is 0.0528. The smallest absolute Gasteiger partial charge is 0.341 e. The van der Waals surface area contributed by atoms with Crippen LogP contribution in [0.3, 0.4) is 0 Å². The summed E-state index contributed by atoms with van der Waals surface area (Å²) in [5.74, 6) is -0.293. The third kappa shape index (κ3) is 1.77. The molecular weight excluding hydrogens is 258 g/mol. The molecule has 2 rings (SSSR count). The van der Waals surface area contributed by atoms with E-state index in [2.05, 4.69) is 15.9 Å². The molecule has 3 nitrogen and oxygen atoms in total. The van der Waals surface area contributed by atoms with Crippen molar-refractivity contribution in [3.05, 3.63) is 40.6 Å². The number of nitrogens with zero attached hydrogens (tertiary/aromatic N) is 1. The van der Waals surface area contributed by atoms with Gasteiger partial charge in [-0.1, -0.05) is 6.07 Å². The monoisotopic (exact) mass is 267 g/mol. The molecule has 0 bridgehead atoms. The van der Waals surface area contributed by atoms with Gasteiger partial charge >= 0.3 is 5.97 Å². The maximum absolute atomic E-state index is 11.7. The molecule has 2 aromatic heterocycles.